The third-order valence-corrected chi connectivity index (χ3v) is 5.50. The first-order valence-electron chi connectivity index (χ1n) is 10.3. The van der Waals surface area contributed by atoms with Crippen molar-refractivity contribution in [1.82, 2.24) is 15.1 Å². The highest BCUT2D eigenvalue weighted by molar-refractivity contribution is 5.77. The molecule has 1 amide bonds. The second kappa shape index (κ2) is 8.95. The quantitative estimate of drug-likeness (QED) is 0.633. The summed E-state index contributed by atoms with van der Waals surface area (Å²) in [4.78, 5) is 14.1. The molecular formula is C24H27N3O2. The minimum atomic E-state index is 0.0000776. The first kappa shape index (κ1) is 19.2. The molecule has 1 aliphatic rings. The third-order valence-electron chi connectivity index (χ3n) is 5.50. The Morgan fingerprint density at radius 3 is 2.79 bits per heavy atom. The van der Waals surface area contributed by atoms with Crippen LogP contribution in [0.5, 0.6) is 5.75 Å². The lowest BCUT2D eigenvalue weighted by atomic mass is 10.1. The van der Waals surface area contributed by atoms with E-state index in [1.54, 1.807) is 4.90 Å². The van der Waals surface area contributed by atoms with Crippen molar-refractivity contribution in [2.24, 2.45) is 0 Å². The number of carbonyl (C=O) groups excluding carboxylic acids is 1. The van der Waals surface area contributed by atoms with Crippen LogP contribution in [0.4, 0.5) is 0 Å². The fourth-order valence-electron chi connectivity index (χ4n) is 3.77. The Bertz CT molecular complexity index is 965. The van der Waals surface area contributed by atoms with Crippen LogP contribution in [0.1, 0.15) is 29.7 Å². The number of aromatic nitrogens is 2. The molecule has 0 spiro atoms. The van der Waals surface area contributed by atoms with Gasteiger partial charge < -0.3 is 9.64 Å². The van der Waals surface area contributed by atoms with E-state index < -0.39 is 0 Å². The SMILES string of the molecule is CN(CCCc1cc(-c2ccccc2)n[nH]1)C(=O)COc1ccc2c(c1)CCC2. The highest BCUT2D eigenvalue weighted by Gasteiger charge is 2.13. The Hall–Kier alpha value is -3.08. The Labute approximate surface area is 171 Å². The smallest absolute Gasteiger partial charge is 0.260 e. The maximum absolute atomic E-state index is 12.4. The van der Waals surface area contributed by atoms with E-state index in [0.29, 0.717) is 6.54 Å². The molecule has 5 nitrogen and oxygen atoms in total. The van der Waals surface area contributed by atoms with Crippen LogP contribution >= 0.6 is 0 Å². The number of nitrogens with one attached hydrogen (secondary N) is 1. The molecule has 3 aromatic rings. The summed E-state index contributed by atoms with van der Waals surface area (Å²) in [5.74, 6) is 0.790. The summed E-state index contributed by atoms with van der Waals surface area (Å²) in [7, 11) is 1.83. The minimum absolute atomic E-state index is 0.0000776. The van der Waals surface area contributed by atoms with Crippen LogP contribution in [-0.4, -0.2) is 41.2 Å². The van der Waals surface area contributed by atoms with Gasteiger partial charge in [-0.05, 0) is 61.4 Å². The van der Waals surface area contributed by atoms with Crippen LogP contribution in [-0.2, 0) is 24.1 Å². The highest BCUT2D eigenvalue weighted by Crippen LogP contribution is 2.26. The Kier molecular flexibility index (Phi) is 5.94. The zero-order valence-corrected chi connectivity index (χ0v) is 16.9. The van der Waals surface area contributed by atoms with Crippen molar-refractivity contribution >= 4 is 5.91 Å². The van der Waals surface area contributed by atoms with Crippen LogP contribution in [0, 0.1) is 0 Å². The lowest BCUT2D eigenvalue weighted by Gasteiger charge is -2.17. The molecule has 1 N–H and O–H groups in total. The third kappa shape index (κ3) is 4.86. The van der Waals surface area contributed by atoms with Gasteiger partial charge in [-0.1, -0.05) is 36.4 Å². The van der Waals surface area contributed by atoms with Gasteiger partial charge in [0.15, 0.2) is 6.61 Å². The van der Waals surface area contributed by atoms with Gasteiger partial charge in [-0.3, -0.25) is 9.89 Å². The first-order chi connectivity index (χ1) is 14.2. The number of amides is 1. The molecule has 2 aromatic carbocycles. The summed E-state index contributed by atoms with van der Waals surface area (Å²) >= 11 is 0. The summed E-state index contributed by atoms with van der Waals surface area (Å²) in [5, 5.41) is 7.48. The zero-order valence-electron chi connectivity index (χ0n) is 16.9. The van der Waals surface area contributed by atoms with Crippen LogP contribution in [0.15, 0.2) is 54.6 Å². The largest absolute Gasteiger partial charge is 0.484 e. The number of H-pyrrole nitrogens is 1. The van der Waals surface area contributed by atoms with Crippen molar-refractivity contribution in [1.29, 1.82) is 0 Å². The molecule has 4 rings (SSSR count). The van der Waals surface area contributed by atoms with E-state index in [-0.39, 0.29) is 12.5 Å². The van der Waals surface area contributed by atoms with E-state index in [2.05, 4.69) is 28.4 Å². The number of fused-ring (bicyclic) bond motifs is 1. The second-order valence-electron chi connectivity index (χ2n) is 7.64. The number of likely N-dealkylation sites (N-methyl/N-ethyl adjacent to an activating group) is 1. The molecule has 1 aliphatic carbocycles. The molecule has 0 saturated heterocycles. The van der Waals surface area contributed by atoms with Gasteiger partial charge in [0, 0.05) is 24.8 Å². The topological polar surface area (TPSA) is 58.2 Å². The van der Waals surface area contributed by atoms with E-state index in [1.807, 2.05) is 43.4 Å². The van der Waals surface area contributed by atoms with Gasteiger partial charge in [0.2, 0.25) is 0 Å². The second-order valence-corrected chi connectivity index (χ2v) is 7.64. The van der Waals surface area contributed by atoms with Crippen molar-refractivity contribution in [2.75, 3.05) is 20.2 Å². The molecule has 0 bridgehead atoms. The van der Waals surface area contributed by atoms with E-state index in [1.165, 1.54) is 17.5 Å². The Morgan fingerprint density at radius 2 is 1.93 bits per heavy atom. The van der Waals surface area contributed by atoms with Crippen LogP contribution in [0.3, 0.4) is 0 Å². The maximum atomic E-state index is 12.4. The standard InChI is InChI=1S/C24H27N3O2/c1-27(24(28)17-29-22-13-12-18-9-5-10-20(18)15-22)14-6-11-21-16-23(26-25-21)19-7-3-2-4-8-19/h2-4,7-8,12-13,15-16H,5-6,9-11,14,17H2,1H3,(H,25,26). The van der Waals surface area contributed by atoms with Gasteiger partial charge in [-0.15, -0.1) is 0 Å². The van der Waals surface area contributed by atoms with Gasteiger partial charge in [-0.2, -0.15) is 5.10 Å². The van der Waals surface area contributed by atoms with Crippen molar-refractivity contribution in [3.8, 4) is 17.0 Å². The predicted octanol–water partition coefficient (Wildman–Crippen LogP) is 4.04. The lowest BCUT2D eigenvalue weighted by molar-refractivity contribution is -0.132. The maximum Gasteiger partial charge on any atom is 0.260 e. The van der Waals surface area contributed by atoms with Gasteiger partial charge in [-0.25, -0.2) is 0 Å². The van der Waals surface area contributed by atoms with Gasteiger partial charge in [0.25, 0.3) is 5.91 Å². The molecule has 0 atom stereocenters. The summed E-state index contributed by atoms with van der Waals surface area (Å²) in [5.41, 5.74) is 5.91. The molecule has 5 heteroatoms. The summed E-state index contributed by atoms with van der Waals surface area (Å²) < 4.78 is 5.72. The minimum Gasteiger partial charge on any atom is -0.484 e. The summed E-state index contributed by atoms with van der Waals surface area (Å²) in [6.07, 6.45) is 5.20. The van der Waals surface area contributed by atoms with Crippen LogP contribution < -0.4 is 4.74 Å². The van der Waals surface area contributed by atoms with Crippen molar-refractivity contribution in [3.63, 3.8) is 0 Å². The fourth-order valence-corrected chi connectivity index (χ4v) is 3.77. The van der Waals surface area contributed by atoms with Gasteiger partial charge >= 0.3 is 0 Å². The molecule has 1 aromatic heterocycles. The fraction of sp³-hybridized carbons (Fsp3) is 0.333. The number of aryl methyl sites for hydroxylation is 3. The molecule has 29 heavy (non-hydrogen) atoms. The average molecular weight is 389 g/mol. The molecular weight excluding hydrogens is 362 g/mol. The molecule has 1 heterocycles. The van der Waals surface area contributed by atoms with E-state index in [4.69, 9.17) is 4.74 Å². The van der Waals surface area contributed by atoms with Gasteiger partial charge in [0.05, 0.1) is 5.69 Å². The molecule has 0 fully saturated rings. The number of aromatic amines is 1. The first-order valence-corrected chi connectivity index (χ1v) is 10.3. The number of hydrogen-bond acceptors (Lipinski definition) is 3. The summed E-state index contributed by atoms with van der Waals surface area (Å²) in [6.45, 7) is 0.767. The van der Waals surface area contributed by atoms with Crippen LogP contribution in [0.2, 0.25) is 0 Å². The molecule has 0 radical (unpaired) electrons. The zero-order chi connectivity index (χ0) is 20.1. The van der Waals surface area contributed by atoms with Crippen molar-refractivity contribution < 1.29 is 9.53 Å². The van der Waals surface area contributed by atoms with Gasteiger partial charge in [0.1, 0.15) is 5.75 Å². The number of carbonyl (C=O) groups is 1. The number of hydrogen-bond donors (Lipinski definition) is 1. The monoisotopic (exact) mass is 389 g/mol. The van der Waals surface area contributed by atoms with E-state index >= 15 is 0 Å². The predicted molar refractivity (Wildman–Crippen MR) is 114 cm³/mol. The molecule has 150 valence electrons. The highest BCUT2D eigenvalue weighted by atomic mass is 16.5. The van der Waals surface area contributed by atoms with Crippen LogP contribution in [0.25, 0.3) is 11.3 Å². The number of ether oxygens (including phenoxy) is 1. The van der Waals surface area contributed by atoms with E-state index in [0.717, 1.165) is 48.4 Å². The molecule has 0 saturated carbocycles. The number of nitrogens with zero attached hydrogens (tertiary/aromatic N) is 2. The number of rotatable bonds is 8. The molecule has 0 aliphatic heterocycles. The number of benzene rings is 2. The average Bonchev–Trinajstić information content (AvgIpc) is 3.41. The Morgan fingerprint density at radius 1 is 1.10 bits per heavy atom. The molecule has 0 unspecified atom stereocenters. The normalized spacial score (nSPS) is 12.6. The van der Waals surface area contributed by atoms with Crippen molar-refractivity contribution in [3.05, 3.63) is 71.4 Å². The Balaban J connectivity index is 1.21. The van der Waals surface area contributed by atoms with E-state index in [9.17, 15) is 4.79 Å². The van der Waals surface area contributed by atoms with Crippen molar-refractivity contribution in [2.45, 2.75) is 32.1 Å². The lowest BCUT2D eigenvalue weighted by Crippen LogP contribution is -2.32. The summed E-state index contributed by atoms with van der Waals surface area (Å²) in [6, 6.07) is 18.4.